The molecule has 0 fully saturated rings. The molecule has 1 aromatic heterocycles. The smallest absolute Gasteiger partial charge is 0.342 e. The summed E-state index contributed by atoms with van der Waals surface area (Å²) in [6.45, 7) is 2.32. The summed E-state index contributed by atoms with van der Waals surface area (Å²) in [6.07, 6.45) is 2.34. The zero-order valence-electron chi connectivity index (χ0n) is 16.2. The lowest BCUT2D eigenvalue weighted by Gasteiger charge is -2.05. The number of carbonyl (C=O) groups is 4. The predicted molar refractivity (Wildman–Crippen MR) is 103 cm³/mol. The molecule has 2 aromatic rings. The van der Waals surface area contributed by atoms with Crippen LogP contribution in [0.4, 0.5) is 10.3 Å². The van der Waals surface area contributed by atoms with Gasteiger partial charge in [-0.1, -0.05) is 12.1 Å². The Morgan fingerprint density at radius 1 is 1.20 bits per heavy atom. The number of halogens is 1. The molecule has 0 saturated heterocycles. The van der Waals surface area contributed by atoms with Crippen LogP contribution in [0.3, 0.4) is 0 Å². The molecule has 0 bridgehead atoms. The van der Waals surface area contributed by atoms with Crippen molar-refractivity contribution in [2.45, 2.75) is 13.8 Å². The van der Waals surface area contributed by atoms with E-state index in [1.165, 1.54) is 31.2 Å². The summed E-state index contributed by atoms with van der Waals surface area (Å²) in [5.74, 6) is -4.35. The second-order valence-electron chi connectivity index (χ2n) is 5.87. The molecule has 0 aliphatic carbocycles. The monoisotopic (exact) mass is 418 g/mol. The highest BCUT2D eigenvalue weighted by molar-refractivity contribution is 6.10. The van der Waals surface area contributed by atoms with Crippen LogP contribution in [-0.4, -0.2) is 37.0 Å². The summed E-state index contributed by atoms with van der Waals surface area (Å²) >= 11 is 0. The molecule has 9 nitrogen and oxygen atoms in total. The lowest BCUT2D eigenvalue weighted by atomic mass is 10.1. The van der Waals surface area contributed by atoms with E-state index in [9.17, 15) is 23.6 Å². The Bertz CT molecular complexity index is 1010. The van der Waals surface area contributed by atoms with Crippen LogP contribution in [0.1, 0.15) is 39.0 Å². The average molecular weight is 418 g/mol. The minimum Gasteiger partial charge on any atom is -0.462 e. The molecule has 0 saturated carbocycles. The van der Waals surface area contributed by atoms with E-state index in [1.54, 1.807) is 13.0 Å². The fourth-order valence-corrected chi connectivity index (χ4v) is 2.44. The Hall–Kier alpha value is -3.95. The highest BCUT2D eigenvalue weighted by atomic mass is 19.1. The van der Waals surface area contributed by atoms with E-state index in [2.05, 4.69) is 5.32 Å². The van der Waals surface area contributed by atoms with Crippen molar-refractivity contribution in [3.8, 4) is 0 Å². The highest BCUT2D eigenvalue weighted by Gasteiger charge is 2.29. The topological polar surface area (TPSA) is 138 Å². The summed E-state index contributed by atoms with van der Waals surface area (Å²) in [5, 5.41) is 2.22. The van der Waals surface area contributed by atoms with Gasteiger partial charge in [0.25, 0.3) is 11.8 Å². The number of amides is 2. The molecule has 10 heteroatoms. The van der Waals surface area contributed by atoms with Crippen molar-refractivity contribution >= 4 is 35.7 Å². The van der Waals surface area contributed by atoms with Crippen molar-refractivity contribution in [1.82, 2.24) is 0 Å². The van der Waals surface area contributed by atoms with Crippen LogP contribution in [0.25, 0.3) is 6.08 Å². The number of hydrogen-bond donors (Lipinski definition) is 2. The lowest BCUT2D eigenvalue weighted by molar-refractivity contribution is -0.142. The third-order valence-electron chi connectivity index (χ3n) is 3.67. The molecule has 0 radical (unpaired) electrons. The number of furan rings is 1. The first-order valence-corrected chi connectivity index (χ1v) is 8.73. The van der Waals surface area contributed by atoms with Gasteiger partial charge in [0.05, 0.1) is 6.61 Å². The van der Waals surface area contributed by atoms with Gasteiger partial charge in [-0.25, -0.2) is 14.0 Å². The maximum atomic E-state index is 13.1. The molecular weight excluding hydrogens is 399 g/mol. The SMILES string of the molecule is CCOC(=O)c1c(C)oc(NC(=O)COC(=O)/C=C/c2cccc(F)c2)c1C(N)=O. The van der Waals surface area contributed by atoms with Crippen LogP contribution < -0.4 is 11.1 Å². The number of benzene rings is 1. The number of rotatable bonds is 8. The molecule has 2 amide bonds. The van der Waals surface area contributed by atoms with E-state index in [4.69, 9.17) is 19.6 Å². The van der Waals surface area contributed by atoms with Gasteiger partial charge in [0.2, 0.25) is 5.88 Å². The zero-order valence-corrected chi connectivity index (χ0v) is 16.2. The van der Waals surface area contributed by atoms with Gasteiger partial charge in [-0.3, -0.25) is 14.9 Å². The molecule has 3 N–H and O–H groups in total. The number of hydrogen-bond acceptors (Lipinski definition) is 7. The summed E-state index contributed by atoms with van der Waals surface area (Å²) in [4.78, 5) is 47.5. The summed E-state index contributed by atoms with van der Waals surface area (Å²) in [7, 11) is 0. The molecule has 1 heterocycles. The molecule has 2 rings (SSSR count). The van der Waals surface area contributed by atoms with E-state index >= 15 is 0 Å². The van der Waals surface area contributed by atoms with Crippen molar-refractivity contribution in [3.63, 3.8) is 0 Å². The fourth-order valence-electron chi connectivity index (χ4n) is 2.44. The van der Waals surface area contributed by atoms with E-state index < -0.39 is 36.2 Å². The second-order valence-corrected chi connectivity index (χ2v) is 5.87. The molecule has 0 aliphatic rings. The first kappa shape index (κ1) is 22.3. The van der Waals surface area contributed by atoms with E-state index in [-0.39, 0.29) is 29.4 Å². The highest BCUT2D eigenvalue weighted by Crippen LogP contribution is 2.27. The molecule has 0 atom stereocenters. The van der Waals surface area contributed by atoms with E-state index in [1.807, 2.05) is 0 Å². The van der Waals surface area contributed by atoms with Crippen molar-refractivity contribution in [2.75, 3.05) is 18.5 Å². The second kappa shape index (κ2) is 10.0. The van der Waals surface area contributed by atoms with Crippen LogP contribution in [-0.2, 0) is 19.1 Å². The molecule has 0 unspecified atom stereocenters. The predicted octanol–water partition coefficient (Wildman–Crippen LogP) is 2.20. The minimum atomic E-state index is -1.01. The zero-order chi connectivity index (χ0) is 22.3. The average Bonchev–Trinajstić information content (AvgIpc) is 3.01. The van der Waals surface area contributed by atoms with Crippen LogP contribution in [0.2, 0.25) is 0 Å². The maximum absolute atomic E-state index is 13.1. The van der Waals surface area contributed by atoms with E-state index in [0.29, 0.717) is 5.56 Å². The van der Waals surface area contributed by atoms with Gasteiger partial charge < -0.3 is 19.6 Å². The molecule has 1 aromatic carbocycles. The fraction of sp³-hybridized carbons (Fsp3) is 0.200. The van der Waals surface area contributed by atoms with Crippen molar-refractivity contribution in [2.24, 2.45) is 5.73 Å². The number of primary amides is 1. The number of ether oxygens (including phenoxy) is 2. The lowest BCUT2D eigenvalue weighted by Crippen LogP contribution is -2.23. The summed E-state index contributed by atoms with van der Waals surface area (Å²) < 4.78 is 28.0. The van der Waals surface area contributed by atoms with Crippen LogP contribution in [0, 0.1) is 12.7 Å². The number of nitrogens with one attached hydrogen (secondary N) is 1. The van der Waals surface area contributed by atoms with Crippen LogP contribution >= 0.6 is 0 Å². The Balaban J connectivity index is 2.02. The Labute approximate surface area is 170 Å². The maximum Gasteiger partial charge on any atom is 0.342 e. The largest absolute Gasteiger partial charge is 0.462 e. The quantitative estimate of drug-likeness (QED) is 0.495. The summed E-state index contributed by atoms with van der Waals surface area (Å²) in [6, 6.07) is 5.51. The number of anilines is 1. The van der Waals surface area contributed by atoms with Gasteiger partial charge >= 0.3 is 11.9 Å². The van der Waals surface area contributed by atoms with Gasteiger partial charge in [-0.05, 0) is 37.6 Å². The Morgan fingerprint density at radius 3 is 2.57 bits per heavy atom. The van der Waals surface area contributed by atoms with Crippen molar-refractivity contribution < 1.29 is 37.5 Å². The number of esters is 2. The van der Waals surface area contributed by atoms with Crippen LogP contribution in [0.5, 0.6) is 0 Å². The molecule has 158 valence electrons. The Morgan fingerprint density at radius 2 is 1.93 bits per heavy atom. The van der Waals surface area contributed by atoms with Crippen molar-refractivity contribution in [3.05, 3.63) is 58.6 Å². The third kappa shape index (κ3) is 5.77. The normalized spacial score (nSPS) is 10.6. The van der Waals surface area contributed by atoms with Crippen LogP contribution in [0.15, 0.2) is 34.8 Å². The molecule has 30 heavy (non-hydrogen) atoms. The number of nitrogens with two attached hydrogens (primary N) is 1. The van der Waals surface area contributed by atoms with Gasteiger partial charge in [0.1, 0.15) is 22.7 Å². The third-order valence-corrected chi connectivity index (χ3v) is 3.67. The standard InChI is InChI=1S/C20H19FN2O7/c1-3-28-20(27)16-11(2)30-19(17(16)18(22)26)23-14(24)10-29-15(25)8-7-12-5-4-6-13(21)9-12/h4-9H,3,10H2,1-2H3,(H2,22,26)(H,23,24)/b8-7+. The number of carbonyl (C=O) groups excluding carboxylic acids is 4. The number of aryl methyl sites for hydroxylation is 1. The first-order chi connectivity index (χ1) is 14.2. The Kier molecular flexibility index (Phi) is 7.45. The van der Waals surface area contributed by atoms with Gasteiger partial charge in [0, 0.05) is 6.08 Å². The molecule has 0 aliphatic heterocycles. The summed E-state index contributed by atoms with van der Waals surface area (Å²) in [5.41, 5.74) is 5.17. The first-order valence-electron chi connectivity index (χ1n) is 8.73. The van der Waals surface area contributed by atoms with Gasteiger partial charge in [-0.2, -0.15) is 0 Å². The van der Waals surface area contributed by atoms with Gasteiger partial charge in [0.15, 0.2) is 6.61 Å². The minimum absolute atomic E-state index is 0.0209. The van der Waals surface area contributed by atoms with Gasteiger partial charge in [-0.15, -0.1) is 0 Å². The van der Waals surface area contributed by atoms with E-state index in [0.717, 1.165) is 6.08 Å². The van der Waals surface area contributed by atoms with Crippen molar-refractivity contribution in [1.29, 1.82) is 0 Å². The molecule has 0 spiro atoms. The molecular formula is C20H19FN2O7.